The third-order valence-corrected chi connectivity index (χ3v) is 4.58. The van der Waals surface area contributed by atoms with Crippen molar-refractivity contribution in [1.82, 2.24) is 15.1 Å². The van der Waals surface area contributed by atoms with Gasteiger partial charge in [0.1, 0.15) is 18.1 Å². The van der Waals surface area contributed by atoms with Crippen molar-refractivity contribution in [1.29, 1.82) is 0 Å². The van der Waals surface area contributed by atoms with E-state index in [0.717, 1.165) is 37.4 Å². The van der Waals surface area contributed by atoms with Gasteiger partial charge in [0.05, 0.1) is 23.9 Å². The zero-order valence-electron chi connectivity index (χ0n) is 16.5. The van der Waals surface area contributed by atoms with Gasteiger partial charge in [0, 0.05) is 13.7 Å². The maximum Gasteiger partial charge on any atom is 0.271 e. The van der Waals surface area contributed by atoms with E-state index in [1.165, 1.54) is 10.2 Å². The van der Waals surface area contributed by atoms with Crippen molar-refractivity contribution in [3.8, 4) is 5.75 Å². The van der Waals surface area contributed by atoms with Crippen LogP contribution in [0.15, 0.2) is 18.2 Å². The second-order valence-corrected chi connectivity index (χ2v) is 6.82. The number of halogens is 1. The first-order chi connectivity index (χ1) is 12.9. The van der Waals surface area contributed by atoms with E-state index in [2.05, 4.69) is 29.5 Å². The minimum absolute atomic E-state index is 0.258. The first kappa shape index (κ1) is 21.3. The van der Waals surface area contributed by atoms with Crippen LogP contribution in [0, 0.1) is 13.8 Å². The monoisotopic (exact) mass is 393 g/mol. The molecule has 0 aliphatic heterocycles. The summed E-state index contributed by atoms with van der Waals surface area (Å²) in [5, 5.41) is 7.33. The summed E-state index contributed by atoms with van der Waals surface area (Å²) in [6.07, 6.45) is 1.93. The molecule has 0 aliphatic rings. The van der Waals surface area contributed by atoms with Crippen LogP contribution in [-0.4, -0.2) is 42.1 Å². The summed E-state index contributed by atoms with van der Waals surface area (Å²) in [6, 6.07) is 6.13. The van der Waals surface area contributed by atoms with Gasteiger partial charge in [-0.15, -0.1) is 0 Å². The van der Waals surface area contributed by atoms with Crippen LogP contribution in [0.5, 0.6) is 5.75 Å². The van der Waals surface area contributed by atoms with Crippen molar-refractivity contribution in [2.24, 2.45) is 7.05 Å². The highest BCUT2D eigenvalue weighted by molar-refractivity contribution is 6.34. The first-order valence-electron chi connectivity index (χ1n) is 9.21. The molecule has 1 aromatic carbocycles. The van der Waals surface area contributed by atoms with Crippen molar-refractivity contribution >= 4 is 17.5 Å². The van der Waals surface area contributed by atoms with Gasteiger partial charge in [-0.05, 0) is 43.9 Å². The number of hydrogen-bond acceptors (Lipinski definition) is 4. The highest BCUT2D eigenvalue weighted by Gasteiger charge is 2.18. The number of nitrogens with one attached hydrogen (secondary N) is 1. The van der Waals surface area contributed by atoms with E-state index in [4.69, 9.17) is 21.1 Å². The molecule has 0 spiro atoms. The Labute approximate surface area is 165 Å². The number of carbonyl (C=O) groups excluding carboxylic acids is 1. The van der Waals surface area contributed by atoms with Gasteiger partial charge in [-0.25, -0.2) is 0 Å². The molecule has 0 atom stereocenters. The summed E-state index contributed by atoms with van der Waals surface area (Å²) >= 11 is 6.12. The van der Waals surface area contributed by atoms with Gasteiger partial charge in [-0.2, -0.15) is 5.10 Å². The van der Waals surface area contributed by atoms with E-state index in [1.807, 2.05) is 13.0 Å². The molecule has 1 N–H and O–H groups in total. The van der Waals surface area contributed by atoms with E-state index in [1.54, 1.807) is 14.0 Å². The number of carbonyl (C=O) groups is 1. The molecule has 0 unspecified atom stereocenters. The molecular weight excluding hydrogens is 366 g/mol. The number of ether oxygens (including phenoxy) is 2. The van der Waals surface area contributed by atoms with Gasteiger partial charge in [-0.3, -0.25) is 9.48 Å². The van der Waals surface area contributed by atoms with E-state index in [0.29, 0.717) is 29.6 Å². The summed E-state index contributed by atoms with van der Waals surface area (Å²) < 4.78 is 12.8. The molecule has 27 heavy (non-hydrogen) atoms. The van der Waals surface area contributed by atoms with Gasteiger partial charge >= 0.3 is 0 Å². The van der Waals surface area contributed by atoms with Crippen molar-refractivity contribution in [2.45, 2.75) is 33.6 Å². The standard InChI is InChI=1S/C20H28ClN3O3/c1-5-10-26-11-8-16-6-7-17(14(2)13-16)27-12-9-22-20(25)19-18(21)15(3)23-24(19)4/h6-7,13H,5,8-12H2,1-4H3,(H,22,25). The van der Waals surface area contributed by atoms with Crippen molar-refractivity contribution in [3.05, 3.63) is 45.7 Å². The van der Waals surface area contributed by atoms with Crippen LogP contribution in [-0.2, 0) is 18.2 Å². The van der Waals surface area contributed by atoms with Crippen molar-refractivity contribution < 1.29 is 14.3 Å². The minimum atomic E-state index is -0.258. The highest BCUT2D eigenvalue weighted by atomic mass is 35.5. The van der Waals surface area contributed by atoms with Gasteiger partial charge in [-0.1, -0.05) is 30.7 Å². The maximum absolute atomic E-state index is 12.2. The normalized spacial score (nSPS) is 10.9. The molecule has 0 radical (unpaired) electrons. The number of aromatic nitrogens is 2. The average molecular weight is 394 g/mol. The van der Waals surface area contributed by atoms with Gasteiger partial charge in [0.25, 0.3) is 5.91 Å². The molecule has 6 nitrogen and oxygen atoms in total. The molecule has 0 aliphatic carbocycles. The summed E-state index contributed by atoms with van der Waals surface area (Å²) in [7, 11) is 1.70. The fourth-order valence-corrected chi connectivity index (χ4v) is 3.00. The first-order valence-corrected chi connectivity index (χ1v) is 9.59. The third-order valence-electron chi connectivity index (χ3n) is 4.13. The number of aryl methyl sites for hydroxylation is 3. The predicted molar refractivity (Wildman–Crippen MR) is 107 cm³/mol. The van der Waals surface area contributed by atoms with Crippen molar-refractivity contribution in [3.63, 3.8) is 0 Å². The molecule has 0 saturated carbocycles. The largest absolute Gasteiger partial charge is 0.491 e. The van der Waals surface area contributed by atoms with Crippen LogP contribution in [0.4, 0.5) is 0 Å². The number of hydrogen-bond donors (Lipinski definition) is 1. The lowest BCUT2D eigenvalue weighted by Crippen LogP contribution is -2.30. The summed E-state index contributed by atoms with van der Waals surface area (Å²) in [6.45, 7) is 8.18. The molecule has 1 amide bonds. The molecule has 0 fully saturated rings. The molecular formula is C20H28ClN3O3. The Balaban J connectivity index is 1.79. The van der Waals surface area contributed by atoms with E-state index < -0.39 is 0 Å². The van der Waals surface area contributed by atoms with E-state index in [-0.39, 0.29) is 5.91 Å². The van der Waals surface area contributed by atoms with Crippen LogP contribution >= 0.6 is 11.6 Å². The molecule has 0 bridgehead atoms. The third kappa shape index (κ3) is 5.97. The van der Waals surface area contributed by atoms with Crippen LogP contribution in [0.1, 0.15) is 40.7 Å². The molecule has 1 aromatic heterocycles. The second-order valence-electron chi connectivity index (χ2n) is 6.44. The van der Waals surface area contributed by atoms with Crippen LogP contribution in [0.3, 0.4) is 0 Å². The Kier molecular flexibility index (Phi) is 8.13. The summed E-state index contributed by atoms with van der Waals surface area (Å²) in [5.41, 5.74) is 3.29. The fraction of sp³-hybridized carbons (Fsp3) is 0.500. The molecule has 2 aromatic rings. The molecule has 2 rings (SSSR count). The Morgan fingerprint density at radius 1 is 1.26 bits per heavy atom. The molecule has 0 saturated heterocycles. The van der Waals surface area contributed by atoms with Gasteiger partial charge in [0.15, 0.2) is 0 Å². The maximum atomic E-state index is 12.2. The number of benzene rings is 1. The SMILES string of the molecule is CCCOCCc1ccc(OCCNC(=O)c2c(Cl)c(C)nn2C)c(C)c1. The second kappa shape index (κ2) is 10.3. The highest BCUT2D eigenvalue weighted by Crippen LogP contribution is 2.20. The topological polar surface area (TPSA) is 65.4 Å². The Morgan fingerprint density at radius 2 is 2.04 bits per heavy atom. The van der Waals surface area contributed by atoms with Crippen molar-refractivity contribution in [2.75, 3.05) is 26.4 Å². The Hall–Kier alpha value is -2.05. The predicted octanol–water partition coefficient (Wildman–Crippen LogP) is 3.47. The average Bonchev–Trinajstić information content (AvgIpc) is 2.89. The van der Waals surface area contributed by atoms with E-state index >= 15 is 0 Å². The lowest BCUT2D eigenvalue weighted by molar-refractivity contribution is 0.0937. The van der Waals surface area contributed by atoms with Gasteiger partial charge in [0.2, 0.25) is 0 Å². The van der Waals surface area contributed by atoms with Crippen LogP contribution < -0.4 is 10.1 Å². The lowest BCUT2D eigenvalue weighted by atomic mass is 10.1. The molecule has 1 heterocycles. The molecule has 7 heteroatoms. The minimum Gasteiger partial charge on any atom is -0.491 e. The number of amides is 1. The van der Waals surface area contributed by atoms with Gasteiger partial charge < -0.3 is 14.8 Å². The summed E-state index contributed by atoms with van der Waals surface area (Å²) in [5.74, 6) is 0.558. The Morgan fingerprint density at radius 3 is 2.67 bits per heavy atom. The quantitative estimate of drug-likeness (QED) is 0.628. The zero-order valence-corrected chi connectivity index (χ0v) is 17.2. The lowest BCUT2D eigenvalue weighted by Gasteiger charge is -2.12. The molecule has 148 valence electrons. The summed E-state index contributed by atoms with van der Waals surface area (Å²) in [4.78, 5) is 12.2. The fourth-order valence-electron chi connectivity index (χ4n) is 2.75. The number of rotatable bonds is 10. The van der Waals surface area contributed by atoms with Crippen LogP contribution in [0.2, 0.25) is 5.02 Å². The Bertz CT molecular complexity index is 774. The van der Waals surface area contributed by atoms with E-state index in [9.17, 15) is 4.79 Å². The smallest absolute Gasteiger partial charge is 0.271 e. The number of nitrogens with zero attached hydrogens (tertiary/aromatic N) is 2. The van der Waals surface area contributed by atoms with Crippen LogP contribution in [0.25, 0.3) is 0 Å². The zero-order chi connectivity index (χ0) is 19.8.